The van der Waals surface area contributed by atoms with Gasteiger partial charge in [0.15, 0.2) is 0 Å². The highest BCUT2D eigenvalue weighted by Gasteiger charge is 2.46. The standard InChI is InChI=1S/C88H120N22O22S/c1-7-8-18-68-82(126)100-61(31-47(2)3)79(123)105-67(77(121)95-41-72(91)115)44-133-45-73(116)97-64(32-49-20-22-53(112)23-21-49)85(129)106(5)48(4)76(120)103-66(37-71(90)114)88(132)109-28-13-19-69(109)83(127)102-63(35-52-40-92-46-96-52)81(125)99-60(24-25-75(118)119)87(131)110-42-54(113)36-70(110)84(128)101-62(33-50-38-93-57-16-11-9-14-55(50)57)80(124)98-59(26-27-89)78(122)104-65(34-51-39-94-58-17-12-10-15-56(51)58)86(130)108(29-30-111)43-74(117)107(68)6/h9-12,14-17,20-23,38-40,46-48,54,59-70,93-94,111-113H,7-8,13,18-19,24-37,41-45,89H2,1-6H3,(H2,90,114)(H2,91,115)(H,92,96)(H,95,121)(H,97,116)(H,98,124)(H,99,125)(H,100,126)(H,101,128)(H,102,127)(H,103,120)(H,104,122)(H,105,123)(H,118,119)/t48-,54+,59-,60-,61-,62-,63-,64-,65-,66-,67-,68-,69-,70-/m0/s1. The monoisotopic (exact) mass is 1870 g/mol. The van der Waals surface area contributed by atoms with Crippen LogP contribution in [0.25, 0.3) is 21.8 Å². The van der Waals surface area contributed by atoms with E-state index in [1.54, 1.807) is 74.8 Å². The third-order valence-electron chi connectivity index (χ3n) is 23.4. The SMILES string of the molecule is CCCC[C@H]1C(=O)N[C@@H](CC(C)C)C(=O)N[C@H](C(=O)NCC(N)=O)CSCC(=O)N[C@@H](Cc2ccc(O)cc2)C(=O)N(C)[C@@H](C)C(=O)N[C@@H](CC(N)=O)C(=O)N2CCC[C@H]2C(=O)N[C@@H](Cc2cnc[nH]2)C(=O)N[C@@H](CCC(=O)O)C(=O)N2C[C@H](O)C[C@H]2C(=O)N[C@@H](Cc2c[nH]c3ccccc23)C(=O)N[C@@H](CCN)C(=O)N[C@@H](Cc2c[nH]c3ccccc23)C(=O)N(CCO)CC(=O)N1C. The predicted molar refractivity (Wildman–Crippen MR) is 482 cm³/mol. The molecule has 0 saturated carbocycles. The Balaban J connectivity index is 1.09. The zero-order valence-corrected chi connectivity index (χ0v) is 75.6. The Morgan fingerprint density at radius 3 is 1.77 bits per heavy atom. The molecule has 44 nitrogen and oxygen atoms in total. The van der Waals surface area contributed by atoms with Crippen LogP contribution < -0.4 is 70.4 Å². The number of aliphatic carboxylic acids is 1. The molecule has 0 unspecified atom stereocenters. The fourth-order valence-electron chi connectivity index (χ4n) is 16.2. The number of likely N-dealkylation sites (N-methyl/N-ethyl adjacent to an activating group) is 2. The average Bonchev–Trinajstić information content (AvgIpc) is 1.66. The van der Waals surface area contributed by atoms with E-state index in [0.717, 1.165) is 36.3 Å². The summed E-state index contributed by atoms with van der Waals surface area (Å²) in [6.45, 7) is 2.67. The van der Waals surface area contributed by atoms with E-state index in [9.17, 15) is 78.0 Å². The number of phenolic OH excluding ortho intramolecular Hbond substituents is 1. The number of primary amides is 2. The summed E-state index contributed by atoms with van der Waals surface area (Å²) >= 11 is 0.770. The van der Waals surface area contributed by atoms with Crippen molar-refractivity contribution in [2.45, 2.75) is 209 Å². The molecular weight excluding hydrogens is 1750 g/mol. The van der Waals surface area contributed by atoms with Crippen LogP contribution in [-0.2, 0) is 112 Å². The molecule has 6 aromatic rings. The number of carboxylic acid groups (broad SMARTS) is 1. The number of nitrogens with zero attached hydrogens (tertiary/aromatic N) is 6. The number of benzene rings is 3. The van der Waals surface area contributed by atoms with Crippen LogP contribution in [0.5, 0.6) is 5.75 Å². The first kappa shape index (κ1) is 103. The number of H-pyrrole nitrogens is 3. The Kier molecular flexibility index (Phi) is 38.1. The van der Waals surface area contributed by atoms with Gasteiger partial charge in [-0.25, -0.2) is 4.98 Å². The Morgan fingerprint density at radius 1 is 0.602 bits per heavy atom. The molecule has 17 amide bonds. The summed E-state index contributed by atoms with van der Waals surface area (Å²) in [5.41, 5.74) is 20.1. The molecule has 3 aromatic heterocycles. The number of hydrogen-bond acceptors (Lipinski definition) is 24. The summed E-state index contributed by atoms with van der Waals surface area (Å²) in [6.07, 6.45) is 0.623. The van der Waals surface area contributed by atoms with Gasteiger partial charge in [-0.05, 0) is 98.9 Å². The number of carbonyl (C=O) groups excluding carboxylic acids is 17. The van der Waals surface area contributed by atoms with Gasteiger partial charge in [-0.3, -0.25) is 86.3 Å². The largest absolute Gasteiger partial charge is 0.508 e. The number of para-hydroxylation sites is 2. The van der Waals surface area contributed by atoms with Crippen LogP contribution in [0.4, 0.5) is 0 Å². The quantitative estimate of drug-likeness (QED) is 0.0259. The predicted octanol–water partition coefficient (Wildman–Crippen LogP) is -4.17. The fraction of sp³-hybridized carbons (Fsp3) is 0.511. The number of aromatic nitrogens is 4. The third kappa shape index (κ3) is 29.0. The number of fused-ring (bicyclic) bond motifs is 4. The number of carbonyl (C=O) groups is 18. The lowest BCUT2D eigenvalue weighted by Crippen LogP contribution is -2.61. The number of thioether (sulfide) groups is 1. The van der Waals surface area contributed by atoms with Crippen LogP contribution in [0.2, 0.25) is 0 Å². The van der Waals surface area contributed by atoms with Gasteiger partial charge in [0.25, 0.3) is 0 Å². The van der Waals surface area contributed by atoms with Gasteiger partial charge < -0.3 is 130 Å². The number of nitrogens with two attached hydrogens (primary N) is 3. The molecule has 3 fully saturated rings. The lowest BCUT2D eigenvalue weighted by Gasteiger charge is -2.33. The molecule has 14 atom stereocenters. The first-order valence-corrected chi connectivity index (χ1v) is 45.1. The number of aromatic amines is 3. The zero-order valence-electron chi connectivity index (χ0n) is 74.8. The van der Waals surface area contributed by atoms with E-state index >= 15 is 28.8 Å². The number of rotatable bonds is 25. The van der Waals surface area contributed by atoms with Crippen molar-refractivity contribution in [1.29, 1.82) is 0 Å². The highest BCUT2D eigenvalue weighted by molar-refractivity contribution is 8.00. The first-order chi connectivity index (χ1) is 63.4. The number of phenols is 1. The number of β-amino-alcohol motifs (C(OH)–C–C–N with tert-alkyl or cyclic N) is 1. The maximum Gasteiger partial charge on any atom is 0.303 e. The lowest BCUT2D eigenvalue weighted by atomic mass is 10.0. The number of aliphatic hydroxyl groups excluding tert-OH is 2. The van der Waals surface area contributed by atoms with Crippen molar-refractivity contribution in [3.05, 3.63) is 120 Å². The first-order valence-electron chi connectivity index (χ1n) is 44.0. The molecule has 3 aliphatic rings. The van der Waals surface area contributed by atoms with Crippen molar-refractivity contribution in [3.63, 3.8) is 0 Å². The normalized spacial score (nSPS) is 24.4. The zero-order chi connectivity index (χ0) is 97.0. The van der Waals surface area contributed by atoms with Gasteiger partial charge in [-0.1, -0.05) is 82.1 Å². The number of carboxylic acids is 1. The van der Waals surface area contributed by atoms with Gasteiger partial charge in [-0.15, -0.1) is 11.8 Å². The van der Waals surface area contributed by atoms with Crippen LogP contribution >= 0.6 is 11.8 Å². The molecular formula is C88H120N22O22S. The topological polar surface area (TPSA) is 663 Å². The minimum atomic E-state index is -1.85. The Bertz CT molecular complexity index is 5170. The number of imidazole rings is 1. The van der Waals surface area contributed by atoms with Crippen molar-refractivity contribution < 1.29 is 107 Å². The molecule has 3 saturated heterocycles. The molecule has 3 aromatic carbocycles. The molecule has 23 N–H and O–H groups in total. The Labute approximate surface area is 769 Å². The molecule has 0 aliphatic carbocycles. The van der Waals surface area contributed by atoms with Gasteiger partial charge in [0, 0.05) is 124 Å². The summed E-state index contributed by atoms with van der Waals surface area (Å²) in [5, 5.41) is 69.8. The van der Waals surface area contributed by atoms with Crippen LogP contribution in [0.1, 0.15) is 121 Å². The van der Waals surface area contributed by atoms with Crippen LogP contribution in [0.3, 0.4) is 0 Å². The highest BCUT2D eigenvalue weighted by atomic mass is 32.2. The van der Waals surface area contributed by atoms with Crippen molar-refractivity contribution >= 4 is 140 Å². The van der Waals surface area contributed by atoms with Crippen LogP contribution in [0, 0.1) is 5.92 Å². The Hall–Kier alpha value is -13.6. The van der Waals surface area contributed by atoms with Crippen molar-refractivity contribution in [1.82, 2.24) is 97.6 Å². The van der Waals surface area contributed by atoms with E-state index in [1.807, 2.05) is 6.92 Å². The van der Waals surface area contributed by atoms with Crippen LogP contribution in [-0.4, -0.2) is 327 Å². The van der Waals surface area contributed by atoms with Gasteiger partial charge in [0.2, 0.25) is 100 Å². The molecule has 0 spiro atoms. The number of aliphatic hydroxyl groups is 2. The van der Waals surface area contributed by atoms with E-state index in [0.29, 0.717) is 51.3 Å². The lowest BCUT2D eigenvalue weighted by molar-refractivity contribution is -0.146. The van der Waals surface area contributed by atoms with Gasteiger partial charge >= 0.3 is 5.97 Å². The molecule has 0 bridgehead atoms. The smallest absolute Gasteiger partial charge is 0.303 e. The van der Waals surface area contributed by atoms with E-state index in [1.165, 1.54) is 57.8 Å². The van der Waals surface area contributed by atoms with Crippen molar-refractivity contribution in [3.8, 4) is 5.75 Å². The van der Waals surface area contributed by atoms with E-state index in [-0.39, 0.29) is 81.8 Å². The number of amides is 17. The molecule has 3 aliphatic heterocycles. The summed E-state index contributed by atoms with van der Waals surface area (Å²) in [5.74, 6) is -19.7. The summed E-state index contributed by atoms with van der Waals surface area (Å²) in [4.78, 5) is 279. The van der Waals surface area contributed by atoms with E-state index in [2.05, 4.69) is 73.1 Å². The molecule has 0 radical (unpaired) electrons. The summed E-state index contributed by atoms with van der Waals surface area (Å²) in [6, 6.07) is -1.45. The fourth-order valence-corrected chi connectivity index (χ4v) is 17.0. The van der Waals surface area contributed by atoms with Gasteiger partial charge in [0.05, 0.1) is 44.3 Å². The number of hydrogen-bond donors (Lipinski definition) is 20. The third-order valence-corrected chi connectivity index (χ3v) is 24.4. The van der Waals surface area contributed by atoms with Gasteiger partial charge in [-0.2, -0.15) is 0 Å². The second-order valence-corrected chi connectivity index (χ2v) is 34.8. The Morgan fingerprint density at radius 2 is 1.17 bits per heavy atom. The highest BCUT2D eigenvalue weighted by Crippen LogP contribution is 2.27. The second kappa shape index (κ2) is 49.1. The number of unbranched alkanes of at least 4 members (excludes halogenated alkanes) is 1. The maximum atomic E-state index is 15.5. The number of nitrogens with one attached hydrogen (secondary N) is 13. The minimum Gasteiger partial charge on any atom is -0.508 e. The van der Waals surface area contributed by atoms with Crippen molar-refractivity contribution in [2.75, 3.05) is 71.5 Å². The molecule has 9 rings (SSSR count). The molecule has 45 heteroatoms. The second-order valence-electron chi connectivity index (χ2n) is 33.8. The van der Waals surface area contributed by atoms with E-state index < -0.39 is 267 Å². The molecule has 720 valence electrons. The minimum absolute atomic E-state index is 0.0189. The summed E-state index contributed by atoms with van der Waals surface area (Å²) in [7, 11) is 2.49. The maximum absolute atomic E-state index is 15.5. The van der Waals surface area contributed by atoms with E-state index in [4.69, 9.17) is 17.2 Å². The molecule has 6 heterocycles. The van der Waals surface area contributed by atoms with Crippen molar-refractivity contribution in [2.24, 2.45) is 23.1 Å². The average molecular weight is 1870 g/mol. The number of aromatic hydroxyl groups is 1. The molecule has 133 heavy (non-hydrogen) atoms. The van der Waals surface area contributed by atoms with Gasteiger partial charge in [0.1, 0.15) is 84.3 Å². The van der Waals surface area contributed by atoms with Crippen LogP contribution in [0.15, 0.2) is 97.7 Å². The summed E-state index contributed by atoms with van der Waals surface area (Å²) < 4.78 is 0.